The van der Waals surface area contributed by atoms with Gasteiger partial charge in [0.25, 0.3) is 0 Å². The predicted octanol–water partition coefficient (Wildman–Crippen LogP) is 0.110. The quantitative estimate of drug-likeness (QED) is 0.486. The van der Waals surface area contributed by atoms with Gasteiger partial charge in [0.2, 0.25) is 0 Å². The van der Waals surface area contributed by atoms with Crippen molar-refractivity contribution < 1.29 is 0 Å². The molecule has 0 aromatic heterocycles. The van der Waals surface area contributed by atoms with Crippen molar-refractivity contribution in [2.45, 2.75) is 26.3 Å². The lowest BCUT2D eigenvalue weighted by Crippen LogP contribution is -2.48. The average Bonchev–Trinajstić information content (AvgIpc) is 2.08. The minimum atomic E-state index is 0.240. The molecule has 0 radical (unpaired) electrons. The summed E-state index contributed by atoms with van der Waals surface area (Å²) in [6.45, 7) is 8.69. The molecule has 0 aliphatic carbocycles. The first kappa shape index (κ1) is 6.99. The van der Waals surface area contributed by atoms with Crippen molar-refractivity contribution in [3.05, 3.63) is 0 Å². The van der Waals surface area contributed by atoms with Gasteiger partial charge >= 0.3 is 0 Å². The smallest absolute Gasteiger partial charge is 0.0289 e. The average molecular weight is 129 g/mol. The largest absolute Gasteiger partial charge is 0.243 e. The van der Waals surface area contributed by atoms with E-state index in [1.54, 1.807) is 0 Å². The third kappa shape index (κ3) is 1.64. The molecule has 0 unspecified atom stereocenters. The first-order valence-electron chi connectivity index (χ1n) is 3.37. The molecule has 1 heterocycles. The molecule has 0 atom stereocenters. The Bertz CT molecular complexity index is 89.0. The molecule has 0 aromatic rings. The van der Waals surface area contributed by atoms with Gasteiger partial charge in [0, 0.05) is 18.6 Å². The Balaban J connectivity index is 2.42. The molecule has 3 heteroatoms. The molecule has 1 aliphatic heterocycles. The maximum Gasteiger partial charge on any atom is 0.0289 e. The lowest BCUT2D eigenvalue weighted by Gasteiger charge is -2.29. The van der Waals surface area contributed by atoms with E-state index in [0.717, 1.165) is 13.1 Å². The summed E-state index contributed by atoms with van der Waals surface area (Å²) in [6, 6.07) is 0. The van der Waals surface area contributed by atoms with Crippen molar-refractivity contribution in [3.8, 4) is 0 Å². The molecule has 3 nitrogen and oxygen atoms in total. The van der Waals surface area contributed by atoms with Crippen molar-refractivity contribution in [1.29, 1.82) is 0 Å². The van der Waals surface area contributed by atoms with Crippen LogP contribution in [0, 0.1) is 0 Å². The number of hydrogen-bond acceptors (Lipinski definition) is 3. The van der Waals surface area contributed by atoms with E-state index in [1.165, 1.54) is 0 Å². The first-order chi connectivity index (χ1) is 4.11. The minimum Gasteiger partial charge on any atom is -0.243 e. The van der Waals surface area contributed by atoms with Crippen LogP contribution in [0.4, 0.5) is 0 Å². The van der Waals surface area contributed by atoms with Gasteiger partial charge in [-0.05, 0) is 20.8 Å². The summed E-state index contributed by atoms with van der Waals surface area (Å²) in [4.78, 5) is 0. The minimum absolute atomic E-state index is 0.240. The Kier molecular flexibility index (Phi) is 1.75. The van der Waals surface area contributed by atoms with Crippen LogP contribution >= 0.6 is 0 Å². The zero-order valence-corrected chi connectivity index (χ0v) is 6.36. The molecule has 0 spiro atoms. The van der Waals surface area contributed by atoms with Crippen LogP contribution in [0.2, 0.25) is 0 Å². The van der Waals surface area contributed by atoms with Crippen LogP contribution in [0.5, 0.6) is 0 Å². The van der Waals surface area contributed by atoms with Gasteiger partial charge in [-0.1, -0.05) is 0 Å². The van der Waals surface area contributed by atoms with Crippen molar-refractivity contribution >= 4 is 0 Å². The van der Waals surface area contributed by atoms with Crippen molar-refractivity contribution in [3.63, 3.8) is 0 Å². The van der Waals surface area contributed by atoms with Gasteiger partial charge in [-0.25, -0.2) is 10.4 Å². The summed E-state index contributed by atoms with van der Waals surface area (Å²) in [5.74, 6) is 0. The van der Waals surface area contributed by atoms with Crippen LogP contribution < -0.4 is 11.0 Å². The molecule has 1 saturated heterocycles. The Morgan fingerprint density at radius 1 is 1.33 bits per heavy atom. The Morgan fingerprint density at radius 3 is 2.22 bits per heavy atom. The third-order valence-corrected chi connectivity index (χ3v) is 1.48. The van der Waals surface area contributed by atoms with Gasteiger partial charge in [-0.3, -0.25) is 0 Å². The van der Waals surface area contributed by atoms with E-state index < -0.39 is 0 Å². The molecule has 54 valence electrons. The van der Waals surface area contributed by atoms with Crippen molar-refractivity contribution in [2.24, 2.45) is 0 Å². The fourth-order valence-electron chi connectivity index (χ4n) is 0.878. The Labute approximate surface area is 56.4 Å². The molecule has 0 bridgehead atoms. The molecule has 1 aliphatic rings. The number of nitrogens with one attached hydrogen (secondary N) is 2. The maximum atomic E-state index is 3.08. The molecule has 2 N–H and O–H groups in total. The summed E-state index contributed by atoms with van der Waals surface area (Å²) in [5, 5.41) is 2.19. The van der Waals surface area contributed by atoms with Crippen LogP contribution in [0.1, 0.15) is 20.8 Å². The van der Waals surface area contributed by atoms with Crippen LogP contribution in [0.15, 0.2) is 0 Å². The number of rotatable bonds is 0. The Hall–Kier alpha value is -0.120. The van der Waals surface area contributed by atoms with Gasteiger partial charge in [-0.2, -0.15) is 5.53 Å². The monoisotopic (exact) mass is 129 g/mol. The molecular weight excluding hydrogens is 114 g/mol. The van der Waals surface area contributed by atoms with Gasteiger partial charge in [0.1, 0.15) is 0 Å². The summed E-state index contributed by atoms with van der Waals surface area (Å²) in [6.07, 6.45) is 0. The predicted molar refractivity (Wildman–Crippen MR) is 37.6 cm³/mol. The zero-order valence-electron chi connectivity index (χ0n) is 6.36. The van der Waals surface area contributed by atoms with E-state index in [-0.39, 0.29) is 5.54 Å². The second-order valence-electron chi connectivity index (χ2n) is 3.36. The van der Waals surface area contributed by atoms with E-state index in [2.05, 4.69) is 36.7 Å². The molecular formula is C6H15N3. The van der Waals surface area contributed by atoms with Gasteiger partial charge in [0.05, 0.1) is 0 Å². The highest BCUT2D eigenvalue weighted by Crippen LogP contribution is 2.09. The van der Waals surface area contributed by atoms with Gasteiger partial charge in [-0.15, -0.1) is 0 Å². The van der Waals surface area contributed by atoms with Gasteiger partial charge in [0.15, 0.2) is 0 Å². The highest BCUT2D eigenvalue weighted by atomic mass is 15.7. The van der Waals surface area contributed by atoms with Crippen LogP contribution in [0.3, 0.4) is 0 Å². The van der Waals surface area contributed by atoms with Crippen molar-refractivity contribution in [2.75, 3.05) is 13.1 Å². The Morgan fingerprint density at radius 2 is 2.00 bits per heavy atom. The van der Waals surface area contributed by atoms with Crippen LogP contribution in [-0.2, 0) is 0 Å². The second-order valence-corrected chi connectivity index (χ2v) is 3.36. The normalized spacial score (nSPS) is 23.0. The number of nitrogens with zero attached hydrogens (tertiary/aromatic N) is 1. The van der Waals surface area contributed by atoms with Crippen molar-refractivity contribution in [1.82, 2.24) is 16.0 Å². The molecule has 1 rings (SSSR count). The van der Waals surface area contributed by atoms with Crippen LogP contribution in [-0.4, -0.2) is 23.6 Å². The van der Waals surface area contributed by atoms with E-state index >= 15 is 0 Å². The topological polar surface area (TPSA) is 27.3 Å². The fourth-order valence-corrected chi connectivity index (χ4v) is 0.878. The maximum absolute atomic E-state index is 3.08. The standard InChI is InChI=1S/C6H15N3/c1-6(2,3)9-5-4-7-8-9/h7-8H,4-5H2,1-3H3. The van der Waals surface area contributed by atoms with E-state index in [1.807, 2.05) is 0 Å². The summed E-state index contributed by atoms with van der Waals surface area (Å²) in [7, 11) is 0. The second kappa shape index (κ2) is 2.25. The summed E-state index contributed by atoms with van der Waals surface area (Å²) < 4.78 is 0. The molecule has 0 aromatic carbocycles. The van der Waals surface area contributed by atoms with E-state index in [9.17, 15) is 0 Å². The third-order valence-electron chi connectivity index (χ3n) is 1.48. The van der Waals surface area contributed by atoms with E-state index in [4.69, 9.17) is 0 Å². The molecule has 0 saturated carbocycles. The molecule has 0 amide bonds. The number of hydrazine groups is 2. The summed E-state index contributed by atoms with van der Waals surface area (Å²) >= 11 is 0. The van der Waals surface area contributed by atoms with Gasteiger partial charge < -0.3 is 0 Å². The lowest BCUT2D eigenvalue weighted by molar-refractivity contribution is 0.104. The molecule has 9 heavy (non-hydrogen) atoms. The highest BCUT2D eigenvalue weighted by molar-refractivity contribution is 4.75. The molecule has 1 fully saturated rings. The van der Waals surface area contributed by atoms with E-state index in [0.29, 0.717) is 0 Å². The SMILES string of the molecule is CC(C)(C)N1CCNN1. The first-order valence-corrected chi connectivity index (χ1v) is 3.37. The lowest BCUT2D eigenvalue weighted by atomic mass is 10.1. The summed E-state index contributed by atoms with van der Waals surface area (Å²) in [5.41, 5.74) is 6.37. The highest BCUT2D eigenvalue weighted by Gasteiger charge is 2.23. The van der Waals surface area contributed by atoms with Crippen LogP contribution in [0.25, 0.3) is 0 Å². The number of hydrogen-bond donors (Lipinski definition) is 2. The fraction of sp³-hybridized carbons (Fsp3) is 1.00. The zero-order chi connectivity index (χ0) is 6.91.